The number of unbranched alkanes of at least 4 members (excludes halogenated alkanes) is 1. The van der Waals surface area contributed by atoms with Gasteiger partial charge in [0.2, 0.25) is 23.6 Å². The summed E-state index contributed by atoms with van der Waals surface area (Å²) in [5, 5.41) is 33.5. The predicted octanol–water partition coefficient (Wildman–Crippen LogP) is 0.0159. The first-order chi connectivity index (χ1) is 28.1. The SMILES string of the molecule is C[C@H](NC(=O)[C@H](CCCCN)NC(=O)[C@H](C)NC(=O)[C@@H](NC(=O)[C@H](CCN)NC(=O)c1ccc(C#CC#CC(C)(C)O)cc1)[C@@H](C)O)B1O[C@@H]2C[C@@H]3C[C@@H](C3(C)C)[C@]2(C)O1. The molecule has 0 aromatic heterocycles. The molecule has 1 aromatic rings. The molecule has 1 aliphatic heterocycles. The zero-order valence-electron chi connectivity index (χ0n) is 36.1. The normalized spacial score (nSPS) is 24.1. The Hall–Kier alpha value is -4.49. The maximum atomic E-state index is 13.7. The van der Waals surface area contributed by atoms with Crippen LogP contribution in [0.25, 0.3) is 0 Å². The second-order valence-corrected chi connectivity index (χ2v) is 17.7. The van der Waals surface area contributed by atoms with Crippen molar-refractivity contribution in [3.05, 3.63) is 35.4 Å². The van der Waals surface area contributed by atoms with E-state index in [1.54, 1.807) is 12.1 Å². The first-order valence-electron chi connectivity index (χ1n) is 20.9. The van der Waals surface area contributed by atoms with Crippen molar-refractivity contribution in [3.63, 3.8) is 0 Å². The minimum atomic E-state index is -1.51. The third kappa shape index (κ3) is 12.1. The third-order valence-electron chi connectivity index (χ3n) is 12.0. The van der Waals surface area contributed by atoms with Gasteiger partial charge in [0.05, 0.1) is 23.8 Å². The van der Waals surface area contributed by atoms with Gasteiger partial charge in [0.1, 0.15) is 29.8 Å². The van der Waals surface area contributed by atoms with Crippen LogP contribution in [0.4, 0.5) is 0 Å². The van der Waals surface area contributed by atoms with Gasteiger partial charge in [-0.15, -0.1) is 0 Å². The molecule has 5 rings (SSSR count). The molecule has 1 saturated heterocycles. The Kier molecular flexibility index (Phi) is 16.4. The van der Waals surface area contributed by atoms with Gasteiger partial charge in [0, 0.05) is 11.1 Å². The molecule has 0 radical (unpaired) electrons. The summed E-state index contributed by atoms with van der Waals surface area (Å²) >= 11 is 0. The van der Waals surface area contributed by atoms with E-state index in [1.165, 1.54) is 39.8 Å². The van der Waals surface area contributed by atoms with Crippen LogP contribution >= 0.6 is 0 Å². The summed E-state index contributed by atoms with van der Waals surface area (Å²) in [6.07, 6.45) is 2.00. The number of carbonyl (C=O) groups is 5. The van der Waals surface area contributed by atoms with Crippen molar-refractivity contribution in [3.8, 4) is 23.7 Å². The van der Waals surface area contributed by atoms with Gasteiger partial charge in [-0.2, -0.15) is 0 Å². The van der Waals surface area contributed by atoms with Gasteiger partial charge >= 0.3 is 7.12 Å². The molecule has 1 heterocycles. The quantitative estimate of drug-likeness (QED) is 0.0541. The molecule has 10 atom stereocenters. The fourth-order valence-corrected chi connectivity index (χ4v) is 8.26. The highest BCUT2D eigenvalue weighted by Crippen LogP contribution is 2.65. The molecule has 60 heavy (non-hydrogen) atoms. The van der Waals surface area contributed by atoms with E-state index >= 15 is 0 Å². The summed E-state index contributed by atoms with van der Waals surface area (Å²) in [5.41, 5.74) is 10.8. The standard InChI is InChI=1S/C43H64BN7O9/c1-25(36(53)49-31(14-10-12-21-45)38(55)48-27(3)44-59-34-24-30-23-33(42(30,6)7)43(34,8)60-44)47-40(57)35(26(2)52)51-39(56)32(19-22-46)50-37(54)29-17-15-28(16-18-29)13-9-11-20-41(4,5)58/h15-18,25-27,30-35,52,58H,10,12,14,19,21-24,45-46H2,1-8H3,(H,47,57)(H,48,55)(H,49,53)(H,50,54)(H,51,56)/t25-,26+,27-,30-,31-,32-,33-,34+,35-,43-/m0/s1. The summed E-state index contributed by atoms with van der Waals surface area (Å²) in [6.45, 7) is 14.7. The fraction of sp³-hybridized carbons (Fsp3) is 0.651. The number of rotatable bonds is 18. The van der Waals surface area contributed by atoms with Crippen LogP contribution in [0.5, 0.6) is 0 Å². The highest BCUT2D eigenvalue weighted by molar-refractivity contribution is 6.47. The summed E-state index contributed by atoms with van der Waals surface area (Å²) in [6, 6.07) is 1.38. The first kappa shape index (κ1) is 48.2. The van der Waals surface area contributed by atoms with Crippen molar-refractivity contribution < 1.29 is 43.5 Å². The summed E-state index contributed by atoms with van der Waals surface area (Å²) in [4.78, 5) is 67.0. The minimum absolute atomic E-state index is 0.0121. The van der Waals surface area contributed by atoms with E-state index in [1.807, 2.05) is 6.92 Å². The van der Waals surface area contributed by atoms with Crippen molar-refractivity contribution in [2.24, 2.45) is 28.7 Å². The molecule has 17 heteroatoms. The van der Waals surface area contributed by atoms with Crippen molar-refractivity contribution >= 4 is 36.7 Å². The van der Waals surface area contributed by atoms with Gasteiger partial charge in [-0.25, -0.2) is 0 Å². The van der Waals surface area contributed by atoms with Crippen LogP contribution in [0.1, 0.15) is 110 Å². The Morgan fingerprint density at radius 2 is 1.50 bits per heavy atom. The number of carbonyl (C=O) groups excluding carboxylic acids is 5. The number of nitrogens with one attached hydrogen (secondary N) is 5. The molecule has 1 aromatic carbocycles. The lowest BCUT2D eigenvalue weighted by atomic mass is 9.43. The lowest BCUT2D eigenvalue weighted by Gasteiger charge is -2.64. The monoisotopic (exact) mass is 833 g/mol. The Bertz CT molecular complexity index is 1850. The number of benzene rings is 1. The van der Waals surface area contributed by atoms with Crippen molar-refractivity contribution in [2.45, 2.75) is 147 Å². The average molecular weight is 834 g/mol. The van der Waals surface area contributed by atoms with Gasteiger partial charge in [-0.3, -0.25) is 24.0 Å². The van der Waals surface area contributed by atoms with Gasteiger partial charge in [-0.1, -0.05) is 25.7 Å². The van der Waals surface area contributed by atoms with Crippen LogP contribution in [0.3, 0.4) is 0 Å². The first-order valence-corrected chi connectivity index (χ1v) is 20.9. The minimum Gasteiger partial charge on any atom is -0.404 e. The number of nitrogens with two attached hydrogens (primary N) is 2. The van der Waals surface area contributed by atoms with E-state index < -0.39 is 84.1 Å². The van der Waals surface area contributed by atoms with Gasteiger partial charge in [0.25, 0.3) is 5.91 Å². The molecule has 4 fully saturated rings. The highest BCUT2D eigenvalue weighted by Gasteiger charge is 2.68. The summed E-state index contributed by atoms with van der Waals surface area (Å²) in [7, 11) is -0.659. The Labute approximate surface area is 354 Å². The van der Waals surface area contributed by atoms with E-state index in [2.05, 4.69) is 71.0 Å². The lowest BCUT2D eigenvalue weighted by Crippen LogP contribution is -2.65. The zero-order valence-corrected chi connectivity index (χ0v) is 36.1. The Morgan fingerprint density at radius 1 is 0.850 bits per heavy atom. The molecule has 5 amide bonds. The lowest BCUT2D eigenvalue weighted by molar-refractivity contribution is -0.199. The Balaban J connectivity index is 1.33. The van der Waals surface area contributed by atoms with Crippen LogP contribution in [-0.4, -0.2) is 113 Å². The van der Waals surface area contributed by atoms with Gasteiger partial charge < -0.3 is 57.6 Å². The van der Waals surface area contributed by atoms with Crippen molar-refractivity contribution in [2.75, 3.05) is 13.1 Å². The van der Waals surface area contributed by atoms with Crippen molar-refractivity contribution in [1.82, 2.24) is 26.6 Å². The van der Waals surface area contributed by atoms with E-state index in [9.17, 15) is 34.2 Å². The number of aliphatic hydroxyl groups excluding tert-OH is 1. The number of hydrogen-bond acceptors (Lipinski definition) is 11. The molecular weight excluding hydrogens is 769 g/mol. The van der Waals surface area contributed by atoms with Crippen LogP contribution < -0.4 is 38.1 Å². The average Bonchev–Trinajstić information content (AvgIpc) is 3.55. The largest absolute Gasteiger partial charge is 0.481 e. The smallest absolute Gasteiger partial charge is 0.404 e. The molecule has 2 bridgehead atoms. The molecular formula is C43H64BN7O9. The Morgan fingerprint density at radius 3 is 2.10 bits per heavy atom. The molecule has 3 aliphatic carbocycles. The molecule has 3 saturated carbocycles. The highest BCUT2D eigenvalue weighted by atomic mass is 16.7. The van der Waals surface area contributed by atoms with E-state index in [0.717, 1.165) is 12.8 Å². The van der Waals surface area contributed by atoms with Crippen LogP contribution in [-0.2, 0) is 28.5 Å². The van der Waals surface area contributed by atoms with Crippen LogP contribution in [0.15, 0.2) is 24.3 Å². The third-order valence-corrected chi connectivity index (χ3v) is 12.0. The van der Waals surface area contributed by atoms with E-state index in [4.69, 9.17) is 20.8 Å². The molecule has 0 unspecified atom stereocenters. The van der Waals surface area contributed by atoms with E-state index in [-0.39, 0.29) is 36.5 Å². The van der Waals surface area contributed by atoms with Crippen molar-refractivity contribution in [1.29, 1.82) is 0 Å². The second-order valence-electron chi connectivity index (χ2n) is 17.7. The molecule has 11 N–H and O–H groups in total. The number of hydrogen-bond donors (Lipinski definition) is 9. The van der Waals surface area contributed by atoms with Crippen LogP contribution in [0, 0.1) is 40.9 Å². The van der Waals surface area contributed by atoms with E-state index in [0.29, 0.717) is 36.8 Å². The topological polar surface area (TPSA) is 256 Å². The maximum absolute atomic E-state index is 13.7. The maximum Gasteiger partial charge on any atom is 0.481 e. The van der Waals surface area contributed by atoms with Gasteiger partial charge in [0.15, 0.2) is 0 Å². The van der Waals surface area contributed by atoms with Crippen LogP contribution in [0.2, 0.25) is 0 Å². The number of amides is 5. The predicted molar refractivity (Wildman–Crippen MR) is 226 cm³/mol. The van der Waals surface area contributed by atoms with Gasteiger partial charge in [-0.05, 0) is 147 Å². The zero-order chi connectivity index (χ0) is 44.6. The molecule has 328 valence electrons. The molecule has 4 aliphatic rings. The summed E-state index contributed by atoms with van der Waals surface area (Å²) in [5.74, 6) is 7.65. The summed E-state index contributed by atoms with van der Waals surface area (Å²) < 4.78 is 12.9. The molecule has 16 nitrogen and oxygen atoms in total. The number of aliphatic hydroxyl groups is 2. The molecule has 0 spiro atoms. The second kappa shape index (κ2) is 20.4. The fourth-order valence-electron chi connectivity index (χ4n) is 8.26.